The fourth-order valence-electron chi connectivity index (χ4n) is 11.9. The van der Waals surface area contributed by atoms with Crippen LogP contribution in [0.15, 0.2) is 36.8 Å². The molecule has 14 heteroatoms. The van der Waals surface area contributed by atoms with Crippen LogP contribution in [0, 0.1) is 5.82 Å². The van der Waals surface area contributed by atoms with E-state index in [-0.39, 0.29) is 39.6 Å². The van der Waals surface area contributed by atoms with Gasteiger partial charge in [0, 0.05) is 72.8 Å². The van der Waals surface area contributed by atoms with Crippen LogP contribution in [0.2, 0.25) is 5.15 Å². The predicted octanol–water partition coefficient (Wildman–Crippen LogP) is 5.13. The molecule has 4 fully saturated rings. The number of aromatic amines is 2. The number of nitrogens with zero attached hydrogens (tertiary/aromatic N) is 5. The van der Waals surface area contributed by atoms with Crippen molar-refractivity contribution in [3.05, 3.63) is 92.5 Å². The number of likely N-dealkylation sites (tertiary alicyclic amines) is 2. The summed E-state index contributed by atoms with van der Waals surface area (Å²) in [5.41, 5.74) is 13.9. The Labute approximate surface area is 339 Å². The van der Waals surface area contributed by atoms with Crippen molar-refractivity contribution in [2.45, 2.75) is 73.3 Å². The van der Waals surface area contributed by atoms with E-state index < -0.39 is 5.82 Å². The van der Waals surface area contributed by atoms with Gasteiger partial charge < -0.3 is 35.1 Å². The van der Waals surface area contributed by atoms with Crippen molar-refractivity contribution in [3.63, 3.8) is 0 Å². The molecule has 2 saturated carbocycles. The van der Waals surface area contributed by atoms with Gasteiger partial charge in [-0.1, -0.05) is 11.6 Å². The highest BCUT2D eigenvalue weighted by Crippen LogP contribution is 2.61. The van der Waals surface area contributed by atoms with Gasteiger partial charge in [0.1, 0.15) is 5.15 Å². The fraction of sp³-hybridized carbons (Fsp3) is 0.432. The number of halogens is 2. The molecule has 4 aliphatic heterocycles. The van der Waals surface area contributed by atoms with Crippen LogP contribution in [0.3, 0.4) is 0 Å². The third kappa shape index (κ3) is 4.49. The van der Waals surface area contributed by atoms with Crippen LogP contribution in [0.5, 0.6) is 5.88 Å². The third-order valence-electron chi connectivity index (χ3n) is 14.9. The molecule has 4 N–H and O–H groups in total. The van der Waals surface area contributed by atoms with Gasteiger partial charge in [-0.25, -0.2) is 14.4 Å². The van der Waals surface area contributed by atoms with E-state index in [1.165, 1.54) is 18.7 Å². The molecule has 12 nitrogen and oxygen atoms in total. The Balaban J connectivity index is 0.000000131. The molecular formula is C44H43ClFN9O3. The summed E-state index contributed by atoms with van der Waals surface area (Å²) in [6.07, 6.45) is 13.0. The van der Waals surface area contributed by atoms with Crippen molar-refractivity contribution < 1.29 is 18.7 Å². The highest BCUT2D eigenvalue weighted by molar-refractivity contribution is 6.29. The second-order valence-corrected chi connectivity index (χ2v) is 18.5. The van der Waals surface area contributed by atoms with Crippen LogP contribution in [-0.4, -0.2) is 105 Å². The molecule has 4 aliphatic carbocycles. The molecule has 58 heavy (non-hydrogen) atoms. The molecule has 296 valence electrons. The molecule has 5 aromatic rings. The first-order valence-electron chi connectivity index (χ1n) is 20.3. The van der Waals surface area contributed by atoms with Gasteiger partial charge in [-0.3, -0.25) is 14.6 Å². The summed E-state index contributed by atoms with van der Waals surface area (Å²) in [5.74, 6) is -0.395. The van der Waals surface area contributed by atoms with Gasteiger partial charge in [-0.05, 0) is 106 Å². The molecular weight excluding hydrogens is 757 g/mol. The van der Waals surface area contributed by atoms with Crippen molar-refractivity contribution >= 4 is 23.4 Å². The second-order valence-electron chi connectivity index (χ2n) is 18.1. The van der Waals surface area contributed by atoms with Crippen LogP contribution in [0.1, 0.15) is 80.0 Å². The van der Waals surface area contributed by atoms with E-state index >= 15 is 0 Å². The standard InChI is InChI=1S/C25H24FN5O2.C19H19ClN4O/c1-31-11-24(12-31)21-19(22(32)30-25(24)5-6-25)15-4-3-13-9-27-18(8-16(13)20(15)29-21)14-7-17(26)23(33-2)28-10-14;1-24-8-18(9-24)16-14(17(25)23-19(18)4-5-19)11-3-2-10-7-21-13(20)6-12(10)15(11)22-16/h7-10,29H,3-6,11-12H2,1-2H3,(H,30,32);6-7,22H,2-5,8-9H2,1H3,(H,23,25). The first-order valence-corrected chi connectivity index (χ1v) is 20.7. The number of hydrogen-bond acceptors (Lipinski definition) is 8. The molecule has 8 aliphatic rings. The minimum absolute atomic E-state index is 0.0320. The topological polar surface area (TPSA) is 144 Å². The molecule has 0 unspecified atom stereocenters. The zero-order valence-electron chi connectivity index (χ0n) is 32.7. The molecule has 0 bridgehead atoms. The van der Waals surface area contributed by atoms with Crippen LogP contribution in [0.25, 0.3) is 33.8 Å². The number of nitrogens with one attached hydrogen (secondary N) is 4. The van der Waals surface area contributed by atoms with E-state index in [0.29, 0.717) is 16.4 Å². The van der Waals surface area contributed by atoms with Gasteiger partial charge in [-0.2, -0.15) is 0 Å². The predicted molar refractivity (Wildman–Crippen MR) is 215 cm³/mol. The van der Waals surface area contributed by atoms with Gasteiger partial charge >= 0.3 is 0 Å². The SMILES string of the molecule is CN1CC2(C1)c1[nH]c3c(c1C(=O)NC21CC1)CCc1cnc(Cl)cc1-3.COc1ncc(-c2cc3c(cn2)CCc2c-3[nH]c3c2C(=O)NC2(CC2)C32CN(C)C2)cc1F. The van der Waals surface area contributed by atoms with Crippen molar-refractivity contribution in [1.82, 2.24) is 45.4 Å². The number of H-pyrrole nitrogens is 2. The van der Waals surface area contributed by atoms with E-state index in [2.05, 4.69) is 59.4 Å². The zero-order valence-corrected chi connectivity index (χ0v) is 33.4. The number of ether oxygens (including phenoxy) is 1. The van der Waals surface area contributed by atoms with Gasteiger partial charge in [0.2, 0.25) is 5.88 Å². The number of fused-ring (bicyclic) bond motifs is 14. The molecule has 0 aromatic carbocycles. The highest BCUT2D eigenvalue weighted by atomic mass is 35.5. The van der Waals surface area contributed by atoms with Crippen LogP contribution >= 0.6 is 11.6 Å². The lowest BCUT2D eigenvalue weighted by atomic mass is 9.65. The third-order valence-corrected chi connectivity index (χ3v) is 15.1. The number of aromatic nitrogens is 5. The number of carbonyl (C=O) groups is 2. The Bertz CT molecular complexity index is 2670. The van der Waals surface area contributed by atoms with Crippen molar-refractivity contribution in [3.8, 4) is 39.7 Å². The van der Waals surface area contributed by atoms with Gasteiger partial charge in [0.25, 0.3) is 11.8 Å². The molecule has 13 rings (SSSR count). The first-order chi connectivity index (χ1) is 28.0. The molecule has 9 heterocycles. The number of hydrogen-bond donors (Lipinski definition) is 4. The number of pyridine rings is 3. The van der Waals surface area contributed by atoms with Crippen molar-refractivity contribution in [2.75, 3.05) is 47.4 Å². The lowest BCUT2D eigenvalue weighted by Gasteiger charge is -2.55. The molecule has 2 saturated heterocycles. The number of amides is 2. The van der Waals surface area contributed by atoms with Crippen molar-refractivity contribution in [2.24, 2.45) is 0 Å². The molecule has 0 radical (unpaired) electrons. The average molecular weight is 800 g/mol. The van der Waals surface area contributed by atoms with Crippen LogP contribution < -0.4 is 15.4 Å². The average Bonchev–Trinajstić information content (AvgIpc) is 4.06. The van der Waals surface area contributed by atoms with Gasteiger partial charge in [-0.15, -0.1) is 0 Å². The number of aryl methyl sites for hydroxylation is 2. The fourth-order valence-corrected chi connectivity index (χ4v) is 12.0. The smallest absolute Gasteiger partial charge is 0.253 e. The van der Waals surface area contributed by atoms with Crippen LogP contribution in [-0.2, 0) is 36.5 Å². The largest absolute Gasteiger partial charge is 0.479 e. The maximum Gasteiger partial charge on any atom is 0.253 e. The molecule has 5 aromatic heterocycles. The lowest BCUT2D eigenvalue weighted by molar-refractivity contribution is 0.0338. The van der Waals surface area contributed by atoms with E-state index in [0.717, 1.165) is 139 Å². The lowest BCUT2D eigenvalue weighted by Crippen LogP contribution is -2.71. The number of methoxy groups -OCH3 is 1. The van der Waals surface area contributed by atoms with Crippen LogP contribution in [0.4, 0.5) is 4.39 Å². The normalized spacial score (nSPS) is 22.5. The summed E-state index contributed by atoms with van der Waals surface area (Å²) in [6.45, 7) is 3.91. The summed E-state index contributed by atoms with van der Waals surface area (Å²) in [5, 5.41) is 7.28. The summed E-state index contributed by atoms with van der Waals surface area (Å²) < 4.78 is 19.2. The summed E-state index contributed by atoms with van der Waals surface area (Å²) in [7, 11) is 5.68. The number of rotatable bonds is 2. The summed E-state index contributed by atoms with van der Waals surface area (Å²) in [6, 6.07) is 5.32. The minimum atomic E-state index is -0.520. The summed E-state index contributed by atoms with van der Waals surface area (Å²) >= 11 is 6.16. The minimum Gasteiger partial charge on any atom is -0.479 e. The maximum absolute atomic E-state index is 14.3. The Kier molecular flexibility index (Phi) is 6.94. The monoisotopic (exact) mass is 799 g/mol. The highest BCUT2D eigenvalue weighted by Gasteiger charge is 2.70. The molecule has 0 atom stereocenters. The number of carbonyl (C=O) groups excluding carboxylic acids is 2. The van der Waals surface area contributed by atoms with Gasteiger partial charge in [0.05, 0.1) is 57.2 Å². The van der Waals surface area contributed by atoms with E-state index in [4.69, 9.17) is 16.3 Å². The Morgan fingerprint density at radius 2 is 1.22 bits per heavy atom. The Hall–Kier alpha value is -5.11. The van der Waals surface area contributed by atoms with E-state index in [1.807, 2.05) is 24.5 Å². The Morgan fingerprint density at radius 3 is 1.71 bits per heavy atom. The Morgan fingerprint density at radius 1 is 0.707 bits per heavy atom. The van der Waals surface area contributed by atoms with E-state index in [1.54, 1.807) is 6.20 Å². The number of likely N-dealkylation sites (N-methyl/N-ethyl adjacent to an activating group) is 2. The first kappa shape index (κ1) is 34.9. The maximum atomic E-state index is 14.3. The quantitative estimate of drug-likeness (QED) is 0.180. The molecule has 4 spiro atoms. The molecule has 2 amide bonds. The van der Waals surface area contributed by atoms with E-state index in [9.17, 15) is 14.0 Å². The zero-order chi connectivity index (χ0) is 39.5. The summed E-state index contributed by atoms with van der Waals surface area (Å²) in [4.78, 5) is 51.2. The van der Waals surface area contributed by atoms with Crippen molar-refractivity contribution in [1.29, 1.82) is 0 Å². The van der Waals surface area contributed by atoms with Gasteiger partial charge in [0.15, 0.2) is 5.82 Å². The second kappa shape index (κ2) is 11.5.